The number of nitrogens with zero attached hydrogens (tertiary/aromatic N) is 2. The van der Waals surface area contributed by atoms with E-state index in [1.807, 2.05) is 45.2 Å². The van der Waals surface area contributed by atoms with Crippen LogP contribution in [0.1, 0.15) is 29.4 Å². The molecule has 0 unspecified atom stereocenters. The Morgan fingerprint density at radius 1 is 1.40 bits per heavy atom. The van der Waals surface area contributed by atoms with Gasteiger partial charge in [0.05, 0.1) is 24.1 Å². The van der Waals surface area contributed by atoms with E-state index in [2.05, 4.69) is 10.4 Å². The number of carbonyl (C=O) groups excluding carboxylic acids is 1. The van der Waals surface area contributed by atoms with Crippen molar-refractivity contribution < 1.29 is 9.53 Å². The van der Waals surface area contributed by atoms with Crippen LogP contribution in [0.25, 0.3) is 0 Å². The second-order valence-electron chi connectivity index (χ2n) is 4.57. The Hall–Kier alpha value is -2.30. The van der Waals surface area contributed by atoms with E-state index in [1.54, 1.807) is 10.9 Å². The zero-order valence-electron chi connectivity index (χ0n) is 12.0. The molecule has 106 valence electrons. The number of hydrogen-bond donors (Lipinski definition) is 1. The first-order valence-corrected chi connectivity index (χ1v) is 6.65. The number of carbonyl (C=O) groups is 1. The third-order valence-electron chi connectivity index (χ3n) is 3.08. The number of aryl methyl sites for hydroxylation is 1. The zero-order valence-corrected chi connectivity index (χ0v) is 12.0. The number of amides is 1. The Balaban J connectivity index is 2.17. The third kappa shape index (κ3) is 2.99. The van der Waals surface area contributed by atoms with Crippen molar-refractivity contribution in [1.29, 1.82) is 0 Å². The Morgan fingerprint density at radius 3 is 2.80 bits per heavy atom. The molecule has 1 heterocycles. The average molecular weight is 273 g/mol. The van der Waals surface area contributed by atoms with E-state index in [0.717, 1.165) is 12.1 Å². The predicted molar refractivity (Wildman–Crippen MR) is 78.1 cm³/mol. The van der Waals surface area contributed by atoms with Crippen molar-refractivity contribution in [2.75, 3.05) is 11.9 Å². The summed E-state index contributed by atoms with van der Waals surface area (Å²) in [6.45, 7) is 4.53. The number of nitrogens with one attached hydrogen (secondary N) is 1. The van der Waals surface area contributed by atoms with E-state index in [1.165, 1.54) is 0 Å². The molecule has 1 aromatic heterocycles. The molecule has 5 nitrogen and oxygen atoms in total. The fourth-order valence-corrected chi connectivity index (χ4v) is 1.82. The minimum Gasteiger partial charge on any atom is -0.491 e. The summed E-state index contributed by atoms with van der Waals surface area (Å²) in [4.78, 5) is 12.3. The molecule has 0 aliphatic rings. The number of anilines is 1. The van der Waals surface area contributed by atoms with E-state index in [-0.39, 0.29) is 5.91 Å². The van der Waals surface area contributed by atoms with Crippen molar-refractivity contribution in [3.8, 4) is 5.75 Å². The fraction of sp³-hybridized carbons (Fsp3) is 0.333. The third-order valence-corrected chi connectivity index (χ3v) is 3.08. The van der Waals surface area contributed by atoms with Gasteiger partial charge in [0.1, 0.15) is 5.75 Å². The summed E-state index contributed by atoms with van der Waals surface area (Å²) >= 11 is 0. The molecule has 20 heavy (non-hydrogen) atoms. The van der Waals surface area contributed by atoms with Crippen molar-refractivity contribution >= 4 is 11.6 Å². The summed E-state index contributed by atoms with van der Waals surface area (Å²) in [6, 6.07) is 7.43. The predicted octanol–water partition coefficient (Wildman–Crippen LogP) is 2.77. The molecule has 1 N–H and O–H groups in total. The summed E-state index contributed by atoms with van der Waals surface area (Å²) in [6.07, 6.45) is 2.49. The van der Waals surface area contributed by atoms with Gasteiger partial charge in [-0.2, -0.15) is 5.10 Å². The van der Waals surface area contributed by atoms with Crippen LogP contribution in [-0.4, -0.2) is 22.3 Å². The first kappa shape index (κ1) is 14.1. The Morgan fingerprint density at radius 2 is 2.15 bits per heavy atom. The quantitative estimate of drug-likeness (QED) is 0.911. The Kier molecular flexibility index (Phi) is 4.40. The molecule has 2 aromatic rings. The van der Waals surface area contributed by atoms with Gasteiger partial charge in [-0.15, -0.1) is 0 Å². The van der Waals surface area contributed by atoms with Crippen LogP contribution in [0.15, 0.2) is 30.5 Å². The van der Waals surface area contributed by atoms with Gasteiger partial charge in [0.2, 0.25) is 0 Å². The maximum absolute atomic E-state index is 12.3. The van der Waals surface area contributed by atoms with Crippen LogP contribution in [0.5, 0.6) is 5.75 Å². The lowest BCUT2D eigenvalue weighted by atomic mass is 10.2. The Labute approximate surface area is 118 Å². The van der Waals surface area contributed by atoms with Crippen molar-refractivity contribution in [3.05, 3.63) is 41.7 Å². The fourth-order valence-electron chi connectivity index (χ4n) is 1.82. The number of rotatable bonds is 5. The van der Waals surface area contributed by atoms with Crippen molar-refractivity contribution in [2.24, 2.45) is 7.05 Å². The van der Waals surface area contributed by atoms with Crippen LogP contribution < -0.4 is 10.1 Å². The highest BCUT2D eigenvalue weighted by atomic mass is 16.5. The molecule has 0 spiro atoms. The monoisotopic (exact) mass is 273 g/mol. The normalized spacial score (nSPS) is 10.3. The second-order valence-corrected chi connectivity index (χ2v) is 4.57. The zero-order chi connectivity index (χ0) is 14.5. The average Bonchev–Trinajstić information content (AvgIpc) is 2.78. The maximum Gasteiger partial charge on any atom is 0.259 e. The second kappa shape index (κ2) is 6.23. The van der Waals surface area contributed by atoms with E-state index in [4.69, 9.17) is 4.74 Å². The van der Waals surface area contributed by atoms with Gasteiger partial charge < -0.3 is 10.1 Å². The summed E-state index contributed by atoms with van der Waals surface area (Å²) in [5.74, 6) is 0.507. The highest BCUT2D eigenvalue weighted by molar-refractivity contribution is 6.05. The van der Waals surface area contributed by atoms with Gasteiger partial charge in [-0.05, 0) is 25.5 Å². The van der Waals surface area contributed by atoms with Crippen LogP contribution in [0, 0.1) is 6.92 Å². The van der Waals surface area contributed by atoms with E-state index in [0.29, 0.717) is 23.6 Å². The summed E-state index contributed by atoms with van der Waals surface area (Å²) in [7, 11) is 1.81. The minimum atomic E-state index is -0.178. The molecule has 0 radical (unpaired) electrons. The first-order valence-electron chi connectivity index (χ1n) is 6.65. The molecule has 0 aliphatic heterocycles. The molecule has 1 aromatic carbocycles. The van der Waals surface area contributed by atoms with Crippen LogP contribution >= 0.6 is 0 Å². The van der Waals surface area contributed by atoms with Gasteiger partial charge in [-0.3, -0.25) is 9.48 Å². The van der Waals surface area contributed by atoms with Gasteiger partial charge in [-0.1, -0.05) is 19.1 Å². The summed E-state index contributed by atoms with van der Waals surface area (Å²) < 4.78 is 7.30. The van der Waals surface area contributed by atoms with Crippen LogP contribution in [0.3, 0.4) is 0 Å². The lowest BCUT2D eigenvalue weighted by molar-refractivity contribution is 0.102. The minimum absolute atomic E-state index is 0.178. The molecule has 0 saturated heterocycles. The van der Waals surface area contributed by atoms with Crippen LogP contribution in [0.4, 0.5) is 5.69 Å². The number of aromatic nitrogens is 2. The highest BCUT2D eigenvalue weighted by Gasteiger charge is 2.14. The molecular weight excluding hydrogens is 254 g/mol. The van der Waals surface area contributed by atoms with Crippen molar-refractivity contribution in [3.63, 3.8) is 0 Å². The molecule has 0 bridgehead atoms. The van der Waals surface area contributed by atoms with Gasteiger partial charge >= 0.3 is 0 Å². The highest BCUT2D eigenvalue weighted by Crippen LogP contribution is 2.24. The molecule has 0 aliphatic carbocycles. The van der Waals surface area contributed by atoms with E-state index >= 15 is 0 Å². The largest absolute Gasteiger partial charge is 0.491 e. The SMILES string of the molecule is CCCOc1ccccc1NC(=O)c1cnn(C)c1C. The molecule has 0 atom stereocenters. The molecular formula is C15H19N3O2. The van der Waals surface area contributed by atoms with Gasteiger partial charge in [-0.25, -0.2) is 0 Å². The van der Waals surface area contributed by atoms with Gasteiger partial charge in [0.25, 0.3) is 5.91 Å². The first-order chi connectivity index (χ1) is 9.63. The number of ether oxygens (including phenoxy) is 1. The summed E-state index contributed by atoms with van der Waals surface area (Å²) in [5.41, 5.74) is 2.07. The summed E-state index contributed by atoms with van der Waals surface area (Å²) in [5, 5.41) is 6.95. The number of hydrogen-bond acceptors (Lipinski definition) is 3. The van der Waals surface area contributed by atoms with Crippen molar-refractivity contribution in [2.45, 2.75) is 20.3 Å². The maximum atomic E-state index is 12.3. The topological polar surface area (TPSA) is 56.1 Å². The van der Waals surface area contributed by atoms with Gasteiger partial charge in [0, 0.05) is 12.7 Å². The molecule has 1 amide bonds. The molecule has 0 fully saturated rings. The van der Waals surface area contributed by atoms with E-state index in [9.17, 15) is 4.79 Å². The molecule has 5 heteroatoms. The lowest BCUT2D eigenvalue weighted by Crippen LogP contribution is -2.14. The number of para-hydroxylation sites is 2. The number of benzene rings is 1. The van der Waals surface area contributed by atoms with Crippen LogP contribution in [-0.2, 0) is 7.05 Å². The molecule has 2 rings (SSSR count). The smallest absolute Gasteiger partial charge is 0.259 e. The standard InChI is InChI=1S/C15H19N3O2/c1-4-9-20-14-8-6-5-7-13(14)17-15(19)12-10-16-18(3)11(12)2/h5-8,10H,4,9H2,1-3H3,(H,17,19). The van der Waals surface area contributed by atoms with Gasteiger partial charge in [0.15, 0.2) is 0 Å². The van der Waals surface area contributed by atoms with E-state index < -0.39 is 0 Å². The van der Waals surface area contributed by atoms with Crippen LogP contribution in [0.2, 0.25) is 0 Å². The van der Waals surface area contributed by atoms with Crippen molar-refractivity contribution in [1.82, 2.24) is 9.78 Å². The Bertz CT molecular complexity index is 605. The lowest BCUT2D eigenvalue weighted by Gasteiger charge is -2.11. The molecule has 0 saturated carbocycles.